The number of likely N-dealkylation sites (tertiary alicyclic amines) is 1. The quantitative estimate of drug-likeness (QED) is 0.864. The van der Waals surface area contributed by atoms with Crippen LogP contribution in [0.3, 0.4) is 0 Å². The minimum Gasteiger partial charge on any atom is -0.340 e. The van der Waals surface area contributed by atoms with E-state index >= 15 is 0 Å². The van der Waals surface area contributed by atoms with E-state index in [4.69, 9.17) is 0 Å². The highest BCUT2D eigenvalue weighted by atomic mass is 16.2. The van der Waals surface area contributed by atoms with Crippen molar-refractivity contribution in [1.82, 2.24) is 5.32 Å². The van der Waals surface area contributed by atoms with Crippen LogP contribution in [0.2, 0.25) is 0 Å². The van der Waals surface area contributed by atoms with Gasteiger partial charge in [0.05, 0.1) is 19.1 Å². The maximum Gasteiger partial charge on any atom is 0.278 e. The van der Waals surface area contributed by atoms with E-state index in [1.54, 1.807) is 0 Å². The molecule has 0 radical (unpaired) electrons. The molecule has 0 unspecified atom stereocenters. The Balaban J connectivity index is 1.75. The van der Waals surface area contributed by atoms with E-state index in [0.29, 0.717) is 0 Å². The van der Waals surface area contributed by atoms with Gasteiger partial charge < -0.3 is 10.2 Å². The number of quaternary nitrogens is 1. The molecule has 0 saturated carbocycles. The smallest absolute Gasteiger partial charge is 0.278 e. The van der Waals surface area contributed by atoms with Crippen LogP contribution in [0.5, 0.6) is 0 Å². The first-order valence-electron chi connectivity index (χ1n) is 9.40. The fourth-order valence-corrected chi connectivity index (χ4v) is 3.67. The van der Waals surface area contributed by atoms with E-state index in [1.807, 2.05) is 36.4 Å². The predicted molar refractivity (Wildman–Crippen MR) is 101 cm³/mol. The second kappa shape index (κ2) is 8.30. The van der Waals surface area contributed by atoms with Gasteiger partial charge in [0.1, 0.15) is 0 Å². The summed E-state index contributed by atoms with van der Waals surface area (Å²) in [5.41, 5.74) is 2.24. The maximum atomic E-state index is 12.9. The van der Waals surface area contributed by atoms with Gasteiger partial charge in [-0.05, 0) is 36.8 Å². The molecule has 25 heavy (non-hydrogen) atoms. The van der Waals surface area contributed by atoms with E-state index in [1.165, 1.54) is 17.7 Å². The molecule has 1 atom stereocenters. The summed E-state index contributed by atoms with van der Waals surface area (Å²) < 4.78 is 0. The molecular weight excluding hydrogens is 308 g/mol. The molecule has 1 aliphatic heterocycles. The molecule has 132 valence electrons. The van der Waals surface area contributed by atoms with Crippen molar-refractivity contribution < 1.29 is 9.69 Å². The van der Waals surface area contributed by atoms with Crippen LogP contribution in [-0.2, 0) is 4.79 Å². The lowest BCUT2D eigenvalue weighted by Crippen LogP contribution is -3.17. The van der Waals surface area contributed by atoms with Crippen molar-refractivity contribution in [2.24, 2.45) is 5.92 Å². The Kier molecular flexibility index (Phi) is 5.87. The summed E-state index contributed by atoms with van der Waals surface area (Å²) in [6.07, 6.45) is 2.43. The largest absolute Gasteiger partial charge is 0.340 e. The zero-order valence-electron chi connectivity index (χ0n) is 15.2. The van der Waals surface area contributed by atoms with Gasteiger partial charge in [-0.2, -0.15) is 0 Å². The molecule has 3 rings (SSSR count). The SMILES string of the molecule is CC1CC[NH+]([C@H](C)C(=O)NC(c2ccccc2)c2ccccc2)CC1. The summed E-state index contributed by atoms with van der Waals surface area (Å²) >= 11 is 0. The lowest BCUT2D eigenvalue weighted by Gasteiger charge is -2.32. The Morgan fingerprint density at radius 1 is 0.960 bits per heavy atom. The van der Waals surface area contributed by atoms with Crippen molar-refractivity contribution >= 4 is 5.91 Å². The zero-order chi connectivity index (χ0) is 17.6. The second-order valence-electron chi connectivity index (χ2n) is 7.33. The molecular formula is C22H29N2O+. The molecule has 1 heterocycles. The van der Waals surface area contributed by atoms with Gasteiger partial charge in [0.2, 0.25) is 0 Å². The van der Waals surface area contributed by atoms with E-state index in [9.17, 15) is 4.79 Å². The van der Waals surface area contributed by atoms with Gasteiger partial charge in [-0.3, -0.25) is 4.79 Å². The average molecular weight is 337 g/mol. The molecule has 0 spiro atoms. The van der Waals surface area contributed by atoms with Crippen LogP contribution in [-0.4, -0.2) is 25.0 Å². The number of hydrogen-bond acceptors (Lipinski definition) is 1. The molecule has 3 heteroatoms. The lowest BCUT2D eigenvalue weighted by molar-refractivity contribution is -0.920. The molecule has 0 bridgehead atoms. The summed E-state index contributed by atoms with van der Waals surface area (Å²) in [5, 5.41) is 3.30. The summed E-state index contributed by atoms with van der Waals surface area (Å²) in [4.78, 5) is 14.4. The number of benzene rings is 2. The first kappa shape index (κ1) is 17.7. The normalized spacial score (nSPS) is 21.7. The minimum atomic E-state index is -0.0968. The second-order valence-corrected chi connectivity index (χ2v) is 7.33. The number of hydrogen-bond donors (Lipinski definition) is 2. The number of carbonyl (C=O) groups is 1. The topological polar surface area (TPSA) is 33.5 Å². The van der Waals surface area contributed by atoms with Crippen LogP contribution in [0.1, 0.15) is 43.9 Å². The Labute approximate surface area is 151 Å². The average Bonchev–Trinajstić information content (AvgIpc) is 2.67. The van der Waals surface area contributed by atoms with Crippen molar-refractivity contribution in [2.45, 2.75) is 38.8 Å². The van der Waals surface area contributed by atoms with Crippen LogP contribution >= 0.6 is 0 Å². The number of carbonyl (C=O) groups excluding carboxylic acids is 1. The van der Waals surface area contributed by atoms with Crippen molar-refractivity contribution in [2.75, 3.05) is 13.1 Å². The molecule has 2 N–H and O–H groups in total. The molecule has 0 aromatic heterocycles. The Bertz CT molecular complexity index is 623. The molecule has 1 aliphatic rings. The van der Waals surface area contributed by atoms with Crippen molar-refractivity contribution in [3.05, 3.63) is 71.8 Å². The monoisotopic (exact) mass is 337 g/mol. The first-order chi connectivity index (χ1) is 12.1. The van der Waals surface area contributed by atoms with E-state index in [0.717, 1.165) is 30.1 Å². The van der Waals surface area contributed by atoms with Gasteiger partial charge in [-0.1, -0.05) is 67.6 Å². The number of rotatable bonds is 5. The minimum absolute atomic E-state index is 0.0116. The third kappa shape index (κ3) is 4.49. The number of piperidine rings is 1. The van der Waals surface area contributed by atoms with E-state index < -0.39 is 0 Å². The van der Waals surface area contributed by atoms with Crippen LogP contribution in [0.25, 0.3) is 0 Å². The van der Waals surface area contributed by atoms with Crippen molar-refractivity contribution in [3.63, 3.8) is 0 Å². The molecule has 1 amide bonds. The Morgan fingerprint density at radius 2 is 1.44 bits per heavy atom. The van der Waals surface area contributed by atoms with Crippen molar-refractivity contribution in [3.8, 4) is 0 Å². The van der Waals surface area contributed by atoms with Crippen LogP contribution in [0, 0.1) is 5.92 Å². The fraction of sp³-hybridized carbons (Fsp3) is 0.409. The maximum absolute atomic E-state index is 12.9. The molecule has 3 nitrogen and oxygen atoms in total. The highest BCUT2D eigenvalue weighted by Crippen LogP contribution is 2.21. The highest BCUT2D eigenvalue weighted by molar-refractivity contribution is 5.80. The molecule has 2 aromatic rings. The molecule has 2 aromatic carbocycles. The predicted octanol–water partition coefficient (Wildman–Crippen LogP) is 2.60. The zero-order valence-corrected chi connectivity index (χ0v) is 15.2. The molecule has 0 aliphatic carbocycles. The number of amides is 1. The number of nitrogens with one attached hydrogen (secondary N) is 2. The van der Waals surface area contributed by atoms with Gasteiger partial charge in [0.15, 0.2) is 6.04 Å². The van der Waals surface area contributed by atoms with E-state index in [2.05, 4.69) is 43.4 Å². The van der Waals surface area contributed by atoms with Crippen LogP contribution in [0.4, 0.5) is 0 Å². The van der Waals surface area contributed by atoms with Gasteiger partial charge in [-0.15, -0.1) is 0 Å². The lowest BCUT2D eigenvalue weighted by atomic mass is 9.97. The fourth-order valence-electron chi connectivity index (χ4n) is 3.67. The van der Waals surface area contributed by atoms with Crippen LogP contribution in [0.15, 0.2) is 60.7 Å². The summed E-state index contributed by atoms with van der Waals surface area (Å²) in [5.74, 6) is 0.933. The van der Waals surface area contributed by atoms with Gasteiger partial charge >= 0.3 is 0 Å². The van der Waals surface area contributed by atoms with Crippen LogP contribution < -0.4 is 10.2 Å². The summed E-state index contributed by atoms with van der Waals surface area (Å²) in [6.45, 7) is 6.56. The third-order valence-corrected chi connectivity index (χ3v) is 5.47. The first-order valence-corrected chi connectivity index (χ1v) is 9.40. The summed E-state index contributed by atoms with van der Waals surface area (Å²) in [6, 6.07) is 20.3. The van der Waals surface area contributed by atoms with Gasteiger partial charge in [0.25, 0.3) is 5.91 Å². The summed E-state index contributed by atoms with van der Waals surface area (Å²) in [7, 11) is 0. The van der Waals surface area contributed by atoms with E-state index in [-0.39, 0.29) is 18.0 Å². The molecule has 1 saturated heterocycles. The third-order valence-electron chi connectivity index (χ3n) is 5.47. The highest BCUT2D eigenvalue weighted by Gasteiger charge is 2.30. The Hall–Kier alpha value is -2.13. The Morgan fingerprint density at radius 3 is 1.92 bits per heavy atom. The standard InChI is InChI=1S/C22H28N2O/c1-17-13-15-24(16-14-17)18(2)22(25)23-21(19-9-5-3-6-10-19)20-11-7-4-8-12-20/h3-12,17-18,21H,13-16H2,1-2H3,(H,23,25)/p+1/t18-/m1/s1. The van der Waals surface area contributed by atoms with Gasteiger partial charge in [0, 0.05) is 0 Å². The molecule has 1 fully saturated rings. The van der Waals surface area contributed by atoms with Gasteiger partial charge in [-0.25, -0.2) is 0 Å². The van der Waals surface area contributed by atoms with Crippen molar-refractivity contribution in [1.29, 1.82) is 0 Å².